The van der Waals surface area contributed by atoms with Crippen LogP contribution in [0.25, 0.3) is 4.96 Å². The van der Waals surface area contributed by atoms with Crippen molar-refractivity contribution in [3.63, 3.8) is 0 Å². The lowest BCUT2D eigenvalue weighted by Gasteiger charge is -2.24. The second-order valence-electron chi connectivity index (χ2n) is 4.93. The van der Waals surface area contributed by atoms with Gasteiger partial charge in [0.15, 0.2) is 10.8 Å². The Balaban J connectivity index is 2.28. The highest BCUT2D eigenvalue weighted by Gasteiger charge is 2.17. The third-order valence-electron chi connectivity index (χ3n) is 3.14. The van der Waals surface area contributed by atoms with Crippen LogP contribution in [0, 0.1) is 0 Å². The Kier molecular flexibility index (Phi) is 4.79. The highest BCUT2D eigenvalue weighted by molar-refractivity contribution is 7.15. The highest BCUT2D eigenvalue weighted by Crippen LogP contribution is 2.24. The number of hydrogen-bond acceptors (Lipinski definition) is 5. The molecule has 2 heterocycles. The summed E-state index contributed by atoms with van der Waals surface area (Å²) in [6.45, 7) is 5.75. The Morgan fingerprint density at radius 1 is 1.32 bits per heavy atom. The van der Waals surface area contributed by atoms with Crippen molar-refractivity contribution >= 4 is 22.1 Å². The van der Waals surface area contributed by atoms with Gasteiger partial charge in [0.2, 0.25) is 0 Å². The number of imidazole rings is 1. The number of thiazole rings is 1. The summed E-state index contributed by atoms with van der Waals surface area (Å²) in [5.74, 6) is 1.05. The summed E-state index contributed by atoms with van der Waals surface area (Å²) in [5, 5.41) is 2.05. The van der Waals surface area contributed by atoms with Crippen LogP contribution in [0.5, 0.6) is 0 Å². The lowest BCUT2D eigenvalue weighted by Crippen LogP contribution is -2.33. The summed E-state index contributed by atoms with van der Waals surface area (Å²) in [4.78, 5) is 10.3. The predicted molar refractivity (Wildman–Crippen MR) is 82.0 cm³/mol. The van der Waals surface area contributed by atoms with Crippen molar-refractivity contribution in [1.29, 1.82) is 0 Å². The number of likely N-dealkylation sites (N-methyl/N-ethyl adjacent to an activating group) is 1. The highest BCUT2D eigenvalue weighted by atomic mass is 32.1. The van der Waals surface area contributed by atoms with Gasteiger partial charge in [-0.3, -0.25) is 4.40 Å². The van der Waals surface area contributed by atoms with E-state index in [0.717, 1.165) is 42.5 Å². The molecule has 2 aromatic heterocycles. The van der Waals surface area contributed by atoms with E-state index in [1.165, 1.54) is 0 Å². The fraction of sp³-hybridized carbons (Fsp3) is 0.615. The Labute approximate surface area is 118 Å². The third kappa shape index (κ3) is 3.08. The maximum atomic E-state index is 5.92. The zero-order valence-electron chi connectivity index (χ0n) is 12.0. The van der Waals surface area contributed by atoms with E-state index in [9.17, 15) is 0 Å². The van der Waals surface area contributed by atoms with E-state index in [0.29, 0.717) is 6.54 Å². The van der Waals surface area contributed by atoms with Gasteiger partial charge in [0.25, 0.3) is 0 Å². The molecule has 0 radical (unpaired) electrons. The van der Waals surface area contributed by atoms with Crippen LogP contribution in [0.2, 0.25) is 0 Å². The summed E-state index contributed by atoms with van der Waals surface area (Å²) in [5.41, 5.74) is 7.03. The largest absolute Gasteiger partial charge is 0.354 e. The van der Waals surface area contributed by atoms with Crippen LogP contribution >= 0.6 is 11.3 Å². The monoisotopic (exact) mass is 281 g/mol. The summed E-state index contributed by atoms with van der Waals surface area (Å²) in [6.07, 6.45) is 3.16. The molecule has 0 aliphatic heterocycles. The summed E-state index contributed by atoms with van der Waals surface area (Å²) in [6, 6.07) is 0. The normalized spacial score (nSPS) is 11.6. The standard InChI is InChI=1S/C13H23N5S/c1-4-5-17(7-6-16(2)3)12-11(10-14)18-8-9-19-13(18)15-12/h8-9H,4-7,10,14H2,1-3H3. The van der Waals surface area contributed by atoms with Crippen molar-refractivity contribution in [3.05, 3.63) is 17.3 Å². The predicted octanol–water partition coefficient (Wildman–Crippen LogP) is 1.63. The molecule has 2 N–H and O–H groups in total. The van der Waals surface area contributed by atoms with E-state index in [1.54, 1.807) is 11.3 Å². The molecule has 0 amide bonds. The van der Waals surface area contributed by atoms with Crippen molar-refractivity contribution in [2.45, 2.75) is 19.9 Å². The topological polar surface area (TPSA) is 49.8 Å². The van der Waals surface area contributed by atoms with E-state index in [4.69, 9.17) is 10.7 Å². The molecule has 2 rings (SSSR count). The van der Waals surface area contributed by atoms with Crippen LogP contribution in [0.3, 0.4) is 0 Å². The van der Waals surface area contributed by atoms with Gasteiger partial charge in [0.05, 0.1) is 5.69 Å². The third-order valence-corrected chi connectivity index (χ3v) is 3.90. The first-order chi connectivity index (χ1) is 9.17. The number of nitrogens with two attached hydrogens (primary N) is 1. The van der Waals surface area contributed by atoms with Gasteiger partial charge in [-0.25, -0.2) is 4.98 Å². The minimum Gasteiger partial charge on any atom is -0.354 e. The number of nitrogens with zero attached hydrogens (tertiary/aromatic N) is 4. The van der Waals surface area contributed by atoms with Crippen molar-refractivity contribution in [2.75, 3.05) is 38.6 Å². The fourth-order valence-corrected chi connectivity index (χ4v) is 2.91. The van der Waals surface area contributed by atoms with Gasteiger partial charge in [-0.1, -0.05) is 6.92 Å². The number of anilines is 1. The SMILES string of the molecule is CCCN(CCN(C)C)c1nc2sccn2c1CN. The molecule has 0 saturated carbocycles. The maximum Gasteiger partial charge on any atom is 0.195 e. The van der Waals surface area contributed by atoms with Crippen molar-refractivity contribution < 1.29 is 0 Å². The minimum absolute atomic E-state index is 0.523. The quantitative estimate of drug-likeness (QED) is 0.838. The van der Waals surface area contributed by atoms with Crippen LogP contribution in [0.15, 0.2) is 11.6 Å². The molecule has 2 aromatic rings. The molecule has 0 bridgehead atoms. The summed E-state index contributed by atoms with van der Waals surface area (Å²) < 4.78 is 2.11. The van der Waals surface area contributed by atoms with E-state index in [2.05, 4.69) is 46.8 Å². The molecule has 0 aliphatic carbocycles. The van der Waals surface area contributed by atoms with Gasteiger partial charge < -0.3 is 15.5 Å². The minimum atomic E-state index is 0.523. The first kappa shape index (κ1) is 14.3. The number of aromatic nitrogens is 2. The Morgan fingerprint density at radius 3 is 2.74 bits per heavy atom. The number of rotatable bonds is 7. The second-order valence-corrected chi connectivity index (χ2v) is 5.81. The van der Waals surface area contributed by atoms with Crippen LogP contribution in [0.4, 0.5) is 5.82 Å². The molecular weight excluding hydrogens is 258 g/mol. The molecule has 5 nitrogen and oxygen atoms in total. The second kappa shape index (κ2) is 6.36. The lowest BCUT2D eigenvalue weighted by molar-refractivity contribution is 0.412. The molecule has 0 spiro atoms. The van der Waals surface area contributed by atoms with E-state index < -0.39 is 0 Å². The molecule has 0 saturated heterocycles. The maximum absolute atomic E-state index is 5.92. The van der Waals surface area contributed by atoms with Gasteiger partial charge in [0, 0.05) is 37.8 Å². The fourth-order valence-electron chi connectivity index (χ4n) is 2.18. The van der Waals surface area contributed by atoms with Crippen LogP contribution in [-0.4, -0.2) is 48.0 Å². The Hall–Kier alpha value is -1.11. The van der Waals surface area contributed by atoms with E-state index in [1.807, 2.05) is 0 Å². The van der Waals surface area contributed by atoms with E-state index in [-0.39, 0.29) is 0 Å². The van der Waals surface area contributed by atoms with Crippen LogP contribution in [-0.2, 0) is 6.54 Å². The molecule has 19 heavy (non-hydrogen) atoms. The van der Waals surface area contributed by atoms with Crippen LogP contribution < -0.4 is 10.6 Å². The van der Waals surface area contributed by atoms with E-state index >= 15 is 0 Å². The average molecular weight is 281 g/mol. The lowest BCUT2D eigenvalue weighted by atomic mass is 10.3. The number of hydrogen-bond donors (Lipinski definition) is 1. The zero-order chi connectivity index (χ0) is 13.8. The zero-order valence-corrected chi connectivity index (χ0v) is 12.8. The van der Waals surface area contributed by atoms with Crippen molar-refractivity contribution in [3.8, 4) is 0 Å². The number of fused-ring (bicyclic) bond motifs is 1. The smallest absolute Gasteiger partial charge is 0.195 e. The van der Waals surface area contributed by atoms with Crippen molar-refractivity contribution in [1.82, 2.24) is 14.3 Å². The molecular formula is C13H23N5S. The first-order valence-corrected chi connectivity index (χ1v) is 7.59. The molecule has 0 aromatic carbocycles. The van der Waals surface area contributed by atoms with Crippen molar-refractivity contribution in [2.24, 2.45) is 5.73 Å². The molecule has 106 valence electrons. The van der Waals surface area contributed by atoms with Gasteiger partial charge in [-0.15, -0.1) is 11.3 Å². The average Bonchev–Trinajstić information content (AvgIpc) is 2.93. The Bertz CT molecular complexity index is 516. The molecule has 0 atom stereocenters. The molecule has 0 unspecified atom stereocenters. The summed E-state index contributed by atoms with van der Waals surface area (Å²) >= 11 is 1.66. The Morgan fingerprint density at radius 2 is 2.11 bits per heavy atom. The van der Waals surface area contributed by atoms with Crippen LogP contribution in [0.1, 0.15) is 19.0 Å². The molecule has 0 aliphatic rings. The molecule has 0 fully saturated rings. The van der Waals surface area contributed by atoms with Gasteiger partial charge in [-0.2, -0.15) is 0 Å². The van der Waals surface area contributed by atoms with Gasteiger partial charge >= 0.3 is 0 Å². The van der Waals surface area contributed by atoms with Gasteiger partial charge in [-0.05, 0) is 20.5 Å². The summed E-state index contributed by atoms with van der Waals surface area (Å²) in [7, 11) is 4.19. The first-order valence-electron chi connectivity index (χ1n) is 6.71. The van der Waals surface area contributed by atoms with Gasteiger partial charge in [0.1, 0.15) is 0 Å². The molecule has 6 heteroatoms.